The van der Waals surface area contributed by atoms with Gasteiger partial charge in [-0.25, -0.2) is 4.79 Å². The van der Waals surface area contributed by atoms with Crippen LogP contribution in [-0.4, -0.2) is 18.9 Å². The molecule has 2 unspecified atom stereocenters. The van der Waals surface area contributed by atoms with Crippen LogP contribution in [0.1, 0.15) is 46.0 Å². The van der Waals surface area contributed by atoms with Gasteiger partial charge in [-0.15, -0.1) is 11.8 Å². The second-order valence-electron chi connectivity index (χ2n) is 5.32. The van der Waals surface area contributed by atoms with Crippen molar-refractivity contribution in [2.24, 2.45) is 17.8 Å². The van der Waals surface area contributed by atoms with Gasteiger partial charge in [0.05, 0.1) is 6.61 Å². The molecule has 0 bridgehead atoms. The quantitative estimate of drug-likeness (QED) is 0.567. The molecule has 0 amide bonds. The molecule has 100 valence electrons. The highest BCUT2D eigenvalue weighted by atomic mass is 16.7. The summed E-state index contributed by atoms with van der Waals surface area (Å²) in [6, 6.07) is 0. The molecule has 0 heterocycles. The fraction of sp³-hybridized carbons (Fsp3) is 0.800. The van der Waals surface area contributed by atoms with Crippen LogP contribution >= 0.6 is 0 Å². The highest BCUT2D eigenvalue weighted by Gasteiger charge is 2.49. The molecule has 2 rings (SSSR count). The number of ether oxygens (including phenoxy) is 2. The van der Waals surface area contributed by atoms with Crippen LogP contribution in [0.15, 0.2) is 0 Å². The van der Waals surface area contributed by atoms with Crippen molar-refractivity contribution in [3.8, 4) is 11.8 Å². The van der Waals surface area contributed by atoms with E-state index in [1.807, 2.05) is 13.8 Å². The first-order chi connectivity index (χ1) is 8.72. The molecule has 2 aliphatic rings. The Bertz CT molecular complexity index is 334. The van der Waals surface area contributed by atoms with Gasteiger partial charge in [0.25, 0.3) is 0 Å². The number of carbonyl (C=O) groups excluding carboxylic acids is 1. The van der Waals surface area contributed by atoms with Crippen LogP contribution in [-0.2, 0) is 9.47 Å². The zero-order valence-electron chi connectivity index (χ0n) is 11.3. The maximum absolute atomic E-state index is 11.4. The van der Waals surface area contributed by atoms with E-state index < -0.39 is 6.16 Å². The third-order valence-corrected chi connectivity index (χ3v) is 4.11. The van der Waals surface area contributed by atoms with Crippen molar-refractivity contribution in [1.82, 2.24) is 0 Å². The molecule has 0 saturated heterocycles. The number of fused-ring (bicyclic) bond motifs is 1. The third kappa shape index (κ3) is 3.41. The summed E-state index contributed by atoms with van der Waals surface area (Å²) in [4.78, 5) is 11.4. The van der Waals surface area contributed by atoms with Gasteiger partial charge in [0.15, 0.2) is 0 Å². The first kappa shape index (κ1) is 13.3. The molecule has 18 heavy (non-hydrogen) atoms. The van der Waals surface area contributed by atoms with Crippen LogP contribution in [0.25, 0.3) is 0 Å². The predicted octanol–water partition coefficient (Wildman–Crippen LogP) is 3.38. The minimum absolute atomic E-state index is 0.0567. The molecular weight excluding hydrogens is 228 g/mol. The van der Waals surface area contributed by atoms with Crippen molar-refractivity contribution < 1.29 is 14.3 Å². The Balaban J connectivity index is 1.68. The van der Waals surface area contributed by atoms with Gasteiger partial charge in [0.1, 0.15) is 6.10 Å². The lowest BCUT2D eigenvalue weighted by molar-refractivity contribution is 0.0242. The lowest BCUT2D eigenvalue weighted by atomic mass is 10.1. The second kappa shape index (κ2) is 6.13. The lowest BCUT2D eigenvalue weighted by Gasteiger charge is -2.10. The van der Waals surface area contributed by atoms with Gasteiger partial charge in [-0.05, 0) is 43.9 Å². The largest absolute Gasteiger partial charge is 0.508 e. The summed E-state index contributed by atoms with van der Waals surface area (Å²) in [7, 11) is 0. The van der Waals surface area contributed by atoms with Crippen molar-refractivity contribution in [2.45, 2.75) is 52.1 Å². The van der Waals surface area contributed by atoms with E-state index in [1.165, 1.54) is 0 Å². The molecule has 0 aromatic heterocycles. The van der Waals surface area contributed by atoms with Crippen molar-refractivity contribution in [2.75, 3.05) is 6.61 Å². The summed E-state index contributed by atoms with van der Waals surface area (Å²) in [6.07, 6.45) is 4.56. The molecule has 0 radical (unpaired) electrons. The van der Waals surface area contributed by atoms with E-state index in [9.17, 15) is 4.79 Å². The maximum atomic E-state index is 11.4. The first-order valence-corrected chi connectivity index (χ1v) is 7.01. The topological polar surface area (TPSA) is 35.5 Å². The molecule has 2 aliphatic carbocycles. The fourth-order valence-corrected chi connectivity index (χ4v) is 2.73. The Hall–Kier alpha value is -1.17. The molecule has 0 aromatic rings. The molecule has 0 N–H and O–H groups in total. The van der Waals surface area contributed by atoms with E-state index in [2.05, 4.69) is 11.8 Å². The minimum atomic E-state index is -0.514. The van der Waals surface area contributed by atoms with Gasteiger partial charge < -0.3 is 9.47 Å². The van der Waals surface area contributed by atoms with Gasteiger partial charge >= 0.3 is 6.16 Å². The van der Waals surface area contributed by atoms with E-state index in [1.54, 1.807) is 0 Å². The van der Waals surface area contributed by atoms with Gasteiger partial charge in [-0.3, -0.25) is 0 Å². The van der Waals surface area contributed by atoms with Crippen LogP contribution in [0.4, 0.5) is 4.79 Å². The zero-order chi connectivity index (χ0) is 13.0. The van der Waals surface area contributed by atoms with Crippen molar-refractivity contribution in [3.63, 3.8) is 0 Å². The molecule has 3 heteroatoms. The number of carbonyl (C=O) groups is 1. The van der Waals surface area contributed by atoms with Crippen molar-refractivity contribution in [3.05, 3.63) is 0 Å². The summed E-state index contributed by atoms with van der Waals surface area (Å²) in [5, 5.41) is 0. The Kier molecular flexibility index (Phi) is 4.52. The molecule has 0 aromatic carbocycles. The van der Waals surface area contributed by atoms with Crippen LogP contribution in [0.5, 0.6) is 0 Å². The average molecular weight is 250 g/mol. The zero-order valence-corrected chi connectivity index (χ0v) is 11.3. The molecular formula is C15H22O3. The summed E-state index contributed by atoms with van der Waals surface area (Å²) < 4.78 is 10.3. The molecule has 3 nitrogen and oxygen atoms in total. The lowest BCUT2D eigenvalue weighted by Crippen LogP contribution is -2.16. The van der Waals surface area contributed by atoms with Gasteiger partial charge in [0, 0.05) is 12.8 Å². The van der Waals surface area contributed by atoms with Gasteiger partial charge in [-0.1, -0.05) is 6.92 Å². The molecule has 1 fully saturated rings. The number of rotatable bonds is 4. The highest BCUT2D eigenvalue weighted by Crippen LogP contribution is 2.52. The highest BCUT2D eigenvalue weighted by molar-refractivity contribution is 5.60. The summed E-state index contributed by atoms with van der Waals surface area (Å²) in [6.45, 7) is 4.38. The third-order valence-electron chi connectivity index (χ3n) is 4.11. The Morgan fingerprint density at radius 3 is 2.44 bits per heavy atom. The Labute approximate surface area is 109 Å². The van der Waals surface area contributed by atoms with Crippen LogP contribution in [0, 0.1) is 29.6 Å². The molecule has 1 saturated carbocycles. The fourth-order valence-electron chi connectivity index (χ4n) is 2.73. The first-order valence-electron chi connectivity index (χ1n) is 7.01. The van der Waals surface area contributed by atoms with Crippen molar-refractivity contribution in [1.29, 1.82) is 0 Å². The maximum Gasteiger partial charge on any atom is 0.508 e. The van der Waals surface area contributed by atoms with E-state index in [0.29, 0.717) is 12.5 Å². The summed E-state index contributed by atoms with van der Waals surface area (Å²) >= 11 is 0. The Morgan fingerprint density at radius 2 is 1.89 bits per heavy atom. The molecule has 0 aliphatic heterocycles. The van der Waals surface area contributed by atoms with Crippen LogP contribution in [0.3, 0.4) is 0 Å². The SMILES string of the molecule is CCC(C)OC(=O)OCC1[C@H]2CCC#CCC[C@@H]12. The van der Waals surface area contributed by atoms with E-state index in [-0.39, 0.29) is 6.10 Å². The van der Waals surface area contributed by atoms with Crippen LogP contribution in [0.2, 0.25) is 0 Å². The standard InChI is InChI=1S/C15H22O3/c1-3-11(2)18-15(16)17-10-14-12-8-6-4-5-7-9-13(12)14/h11-14H,3,6-10H2,1-2H3/t11?,12-,13+,14?. The smallest absolute Gasteiger partial charge is 0.434 e. The van der Waals surface area contributed by atoms with Crippen molar-refractivity contribution >= 4 is 6.16 Å². The predicted molar refractivity (Wildman–Crippen MR) is 68.9 cm³/mol. The molecule has 4 atom stereocenters. The van der Waals surface area contributed by atoms with E-state index in [4.69, 9.17) is 9.47 Å². The average Bonchev–Trinajstić information content (AvgIpc) is 2.96. The number of hydrogen-bond donors (Lipinski definition) is 0. The second-order valence-corrected chi connectivity index (χ2v) is 5.32. The summed E-state index contributed by atoms with van der Waals surface area (Å²) in [5.74, 6) is 8.34. The Morgan fingerprint density at radius 1 is 1.28 bits per heavy atom. The van der Waals surface area contributed by atoms with Gasteiger partial charge in [0.2, 0.25) is 0 Å². The minimum Gasteiger partial charge on any atom is -0.434 e. The number of hydrogen-bond acceptors (Lipinski definition) is 3. The van der Waals surface area contributed by atoms with Gasteiger partial charge in [-0.2, -0.15) is 0 Å². The normalized spacial score (nSPS) is 30.9. The molecule has 0 spiro atoms. The van der Waals surface area contributed by atoms with Crippen LogP contribution < -0.4 is 0 Å². The van der Waals surface area contributed by atoms with E-state index in [0.717, 1.165) is 43.9 Å². The summed E-state index contributed by atoms with van der Waals surface area (Å²) in [5.41, 5.74) is 0. The monoisotopic (exact) mass is 250 g/mol. The van der Waals surface area contributed by atoms with E-state index >= 15 is 0 Å².